The smallest absolute Gasteiger partial charge is 0.335 e. The Morgan fingerprint density at radius 1 is 0.889 bits per heavy atom. The normalized spacial score (nSPS) is 14.8. The quantitative estimate of drug-likeness (QED) is 0.385. The van der Waals surface area contributed by atoms with Crippen molar-refractivity contribution in [1.29, 1.82) is 0 Å². The summed E-state index contributed by atoms with van der Waals surface area (Å²) in [6.07, 6.45) is 1.44. The number of benzene rings is 3. The molecule has 1 aliphatic rings. The number of anilines is 1. The molecule has 0 aliphatic carbocycles. The molecule has 1 heterocycles. The van der Waals surface area contributed by atoms with Gasteiger partial charge in [0.2, 0.25) is 0 Å². The Morgan fingerprint density at radius 2 is 1.61 bits per heavy atom. The van der Waals surface area contributed by atoms with Gasteiger partial charge in [-0.1, -0.05) is 47.5 Å². The molecule has 0 aromatic heterocycles. The lowest BCUT2D eigenvalue weighted by Crippen LogP contribution is -2.54. The zero-order valence-corrected chi connectivity index (χ0v) is 21.0. The van der Waals surface area contributed by atoms with Crippen molar-refractivity contribution in [2.75, 3.05) is 12.0 Å². The van der Waals surface area contributed by atoms with E-state index in [1.54, 1.807) is 30.3 Å². The van der Waals surface area contributed by atoms with E-state index in [2.05, 4.69) is 23.5 Å². The van der Waals surface area contributed by atoms with Gasteiger partial charge in [-0.2, -0.15) is 0 Å². The third-order valence-electron chi connectivity index (χ3n) is 6.09. The summed E-state index contributed by atoms with van der Waals surface area (Å²) in [6.45, 7) is 8.16. The van der Waals surface area contributed by atoms with Crippen LogP contribution in [0.3, 0.4) is 0 Å². The van der Waals surface area contributed by atoms with Crippen molar-refractivity contribution in [3.05, 3.63) is 93.6 Å². The first-order valence-electron chi connectivity index (χ1n) is 11.5. The maximum atomic E-state index is 13.3. The molecule has 4 amide bonds. The monoisotopic (exact) mass is 484 g/mol. The summed E-state index contributed by atoms with van der Waals surface area (Å²) < 4.78 is 11.5. The summed E-state index contributed by atoms with van der Waals surface area (Å²) in [7, 11) is 1.52. The summed E-state index contributed by atoms with van der Waals surface area (Å²) in [6, 6.07) is 15.9. The van der Waals surface area contributed by atoms with Crippen molar-refractivity contribution in [2.24, 2.45) is 0 Å². The molecule has 0 atom stereocenters. The fourth-order valence-corrected chi connectivity index (χ4v) is 4.23. The Hall–Kier alpha value is -4.39. The lowest BCUT2D eigenvalue weighted by Gasteiger charge is -2.28. The number of amides is 4. The van der Waals surface area contributed by atoms with Gasteiger partial charge in [-0.3, -0.25) is 14.9 Å². The molecule has 0 spiro atoms. The van der Waals surface area contributed by atoms with Gasteiger partial charge in [0.25, 0.3) is 11.8 Å². The third-order valence-corrected chi connectivity index (χ3v) is 6.09. The summed E-state index contributed by atoms with van der Waals surface area (Å²) >= 11 is 0. The van der Waals surface area contributed by atoms with Crippen LogP contribution >= 0.6 is 0 Å². The molecule has 1 N–H and O–H groups in total. The van der Waals surface area contributed by atoms with Crippen LogP contribution in [0.4, 0.5) is 10.5 Å². The molecule has 0 bridgehead atoms. The fourth-order valence-electron chi connectivity index (χ4n) is 4.23. The third kappa shape index (κ3) is 5.00. The largest absolute Gasteiger partial charge is 0.493 e. The molecule has 3 aromatic carbocycles. The first kappa shape index (κ1) is 24.7. The van der Waals surface area contributed by atoms with E-state index in [0.29, 0.717) is 29.4 Å². The molecule has 36 heavy (non-hydrogen) atoms. The molecular formula is C29H28N2O5. The van der Waals surface area contributed by atoms with Crippen LogP contribution in [0.15, 0.2) is 60.2 Å². The van der Waals surface area contributed by atoms with E-state index in [9.17, 15) is 14.4 Å². The number of hydrogen-bond donors (Lipinski definition) is 1. The number of nitrogens with zero attached hydrogens (tertiary/aromatic N) is 1. The van der Waals surface area contributed by atoms with E-state index >= 15 is 0 Å². The molecule has 184 valence electrons. The highest BCUT2D eigenvalue weighted by molar-refractivity contribution is 6.39. The van der Waals surface area contributed by atoms with Crippen molar-refractivity contribution in [2.45, 2.75) is 34.3 Å². The number of aryl methyl sites for hydroxylation is 3. The minimum absolute atomic E-state index is 0.151. The van der Waals surface area contributed by atoms with Crippen LogP contribution in [-0.2, 0) is 16.2 Å². The fraction of sp³-hybridized carbons (Fsp3) is 0.207. The van der Waals surface area contributed by atoms with Crippen LogP contribution in [0, 0.1) is 27.7 Å². The summed E-state index contributed by atoms with van der Waals surface area (Å²) in [5.74, 6) is -0.447. The van der Waals surface area contributed by atoms with Gasteiger partial charge >= 0.3 is 6.03 Å². The molecule has 7 heteroatoms. The molecule has 1 fully saturated rings. The minimum atomic E-state index is -0.774. The van der Waals surface area contributed by atoms with Crippen LogP contribution in [0.25, 0.3) is 6.08 Å². The zero-order valence-electron chi connectivity index (χ0n) is 21.0. The summed E-state index contributed by atoms with van der Waals surface area (Å²) in [5, 5.41) is 2.27. The Balaban J connectivity index is 1.61. The van der Waals surface area contributed by atoms with E-state index in [0.717, 1.165) is 32.7 Å². The molecule has 4 rings (SSSR count). The second-order valence-electron chi connectivity index (χ2n) is 8.87. The number of methoxy groups -OCH3 is 1. The standard InChI is InChI=1S/C29H28N2O5/c1-17-11-18(2)13-22(12-17)16-36-25-10-9-21(15-26(25)35-5)14-23-27(32)30-29(34)31(28(23)33)24-8-6-7-19(3)20(24)4/h6-15H,16H2,1-5H3,(H,30,32,34)/b23-14+. The van der Waals surface area contributed by atoms with Gasteiger partial charge in [-0.15, -0.1) is 0 Å². The van der Waals surface area contributed by atoms with Crippen LogP contribution < -0.4 is 19.7 Å². The topological polar surface area (TPSA) is 84.9 Å². The van der Waals surface area contributed by atoms with Crippen molar-refractivity contribution < 1.29 is 23.9 Å². The van der Waals surface area contributed by atoms with E-state index in [4.69, 9.17) is 9.47 Å². The van der Waals surface area contributed by atoms with Gasteiger partial charge < -0.3 is 9.47 Å². The van der Waals surface area contributed by atoms with Gasteiger partial charge in [-0.05, 0) is 74.2 Å². The highest BCUT2D eigenvalue weighted by Gasteiger charge is 2.37. The molecule has 1 aliphatic heterocycles. The summed E-state index contributed by atoms with van der Waals surface area (Å²) in [4.78, 5) is 39.4. The minimum Gasteiger partial charge on any atom is -0.493 e. The van der Waals surface area contributed by atoms with E-state index in [1.165, 1.54) is 13.2 Å². The second kappa shape index (κ2) is 10.1. The number of rotatable bonds is 6. The molecular weight excluding hydrogens is 456 g/mol. The maximum Gasteiger partial charge on any atom is 0.335 e. The maximum absolute atomic E-state index is 13.3. The Kier molecular flexibility index (Phi) is 6.92. The number of carbonyl (C=O) groups excluding carboxylic acids is 3. The predicted octanol–water partition coefficient (Wildman–Crippen LogP) is 5.17. The number of carbonyl (C=O) groups is 3. The average Bonchev–Trinajstić information content (AvgIpc) is 2.82. The summed E-state index contributed by atoms with van der Waals surface area (Å²) in [5.41, 5.74) is 5.90. The van der Waals surface area contributed by atoms with E-state index in [1.807, 2.05) is 33.8 Å². The van der Waals surface area contributed by atoms with Gasteiger partial charge in [0.15, 0.2) is 11.5 Å². The van der Waals surface area contributed by atoms with Crippen molar-refractivity contribution >= 4 is 29.6 Å². The number of ether oxygens (including phenoxy) is 2. The average molecular weight is 485 g/mol. The zero-order chi connectivity index (χ0) is 26.0. The lowest BCUT2D eigenvalue weighted by molar-refractivity contribution is -0.122. The molecule has 0 unspecified atom stereocenters. The second-order valence-corrected chi connectivity index (χ2v) is 8.87. The van der Waals surface area contributed by atoms with Gasteiger partial charge in [0.1, 0.15) is 12.2 Å². The van der Waals surface area contributed by atoms with Crippen LogP contribution in [0.5, 0.6) is 11.5 Å². The van der Waals surface area contributed by atoms with Crippen LogP contribution in [0.1, 0.15) is 33.4 Å². The number of hydrogen-bond acceptors (Lipinski definition) is 5. The number of nitrogens with one attached hydrogen (secondary N) is 1. The first-order chi connectivity index (χ1) is 17.2. The van der Waals surface area contributed by atoms with Crippen molar-refractivity contribution in [3.8, 4) is 11.5 Å². The predicted molar refractivity (Wildman–Crippen MR) is 138 cm³/mol. The Morgan fingerprint density at radius 3 is 2.31 bits per heavy atom. The highest BCUT2D eigenvalue weighted by atomic mass is 16.5. The molecule has 1 saturated heterocycles. The Bertz CT molecular complexity index is 1390. The van der Waals surface area contributed by atoms with Crippen molar-refractivity contribution in [1.82, 2.24) is 5.32 Å². The van der Waals surface area contributed by atoms with Crippen LogP contribution in [0.2, 0.25) is 0 Å². The van der Waals surface area contributed by atoms with Gasteiger partial charge in [0.05, 0.1) is 12.8 Å². The molecule has 7 nitrogen and oxygen atoms in total. The van der Waals surface area contributed by atoms with Crippen molar-refractivity contribution in [3.63, 3.8) is 0 Å². The molecule has 0 saturated carbocycles. The lowest BCUT2D eigenvalue weighted by atomic mass is 10.0. The van der Waals surface area contributed by atoms with Gasteiger partial charge in [0, 0.05) is 0 Å². The van der Waals surface area contributed by atoms with Gasteiger partial charge in [-0.25, -0.2) is 9.69 Å². The van der Waals surface area contributed by atoms with Crippen LogP contribution in [-0.4, -0.2) is 25.0 Å². The van der Waals surface area contributed by atoms with E-state index < -0.39 is 17.8 Å². The number of barbiturate groups is 1. The number of urea groups is 1. The molecule has 0 radical (unpaired) electrons. The van der Waals surface area contributed by atoms with E-state index in [-0.39, 0.29) is 5.57 Å². The SMILES string of the molecule is COc1cc(/C=C2\C(=O)NC(=O)N(c3cccc(C)c3C)C2=O)ccc1OCc1cc(C)cc(C)c1. The molecule has 3 aromatic rings. The highest BCUT2D eigenvalue weighted by Crippen LogP contribution is 2.31. The first-order valence-corrected chi connectivity index (χ1v) is 11.5. The number of imide groups is 2. The Labute approximate surface area is 210 Å².